The summed E-state index contributed by atoms with van der Waals surface area (Å²) >= 11 is 1.46. The molecule has 2 rings (SSSR count). The van der Waals surface area contributed by atoms with E-state index in [1.54, 1.807) is 19.1 Å². The van der Waals surface area contributed by atoms with Gasteiger partial charge < -0.3 is 15.3 Å². The van der Waals surface area contributed by atoms with Crippen molar-refractivity contribution < 1.29 is 9.90 Å². The predicted molar refractivity (Wildman–Crippen MR) is 84.8 cm³/mol. The summed E-state index contributed by atoms with van der Waals surface area (Å²) in [6.45, 7) is 1.84. The Bertz CT molecular complexity index is 592. The zero-order valence-corrected chi connectivity index (χ0v) is 13.1. The molecule has 0 aromatic carbocycles. The number of aromatic nitrogens is 1. The van der Waals surface area contributed by atoms with Crippen LogP contribution in [0.2, 0.25) is 0 Å². The number of nitrogens with one attached hydrogen (secondary N) is 1. The van der Waals surface area contributed by atoms with Crippen molar-refractivity contribution in [2.24, 2.45) is 0 Å². The van der Waals surface area contributed by atoms with Crippen molar-refractivity contribution in [2.45, 2.75) is 12.5 Å². The van der Waals surface area contributed by atoms with Gasteiger partial charge in [0.1, 0.15) is 11.4 Å². The van der Waals surface area contributed by atoms with E-state index in [0.717, 1.165) is 10.7 Å². The number of anilines is 1. The summed E-state index contributed by atoms with van der Waals surface area (Å²) in [6, 6.07) is 7.23. The van der Waals surface area contributed by atoms with E-state index >= 15 is 0 Å². The van der Waals surface area contributed by atoms with Crippen LogP contribution < -0.4 is 10.2 Å². The highest BCUT2D eigenvalue weighted by molar-refractivity contribution is 7.10. The third-order valence-corrected chi connectivity index (χ3v) is 4.24. The van der Waals surface area contributed by atoms with E-state index in [2.05, 4.69) is 10.3 Å². The number of carbonyl (C=O) groups is 1. The minimum atomic E-state index is -1.07. The first-order valence-electron chi connectivity index (χ1n) is 6.58. The fourth-order valence-electron chi connectivity index (χ4n) is 1.81. The van der Waals surface area contributed by atoms with Gasteiger partial charge in [-0.05, 0) is 30.5 Å². The van der Waals surface area contributed by atoms with Gasteiger partial charge in [0.25, 0.3) is 5.91 Å². The summed E-state index contributed by atoms with van der Waals surface area (Å²) in [6.07, 6.45) is 1.53. The lowest BCUT2D eigenvalue weighted by Crippen LogP contribution is -2.38. The molecule has 2 N–H and O–H groups in total. The van der Waals surface area contributed by atoms with Gasteiger partial charge in [0.2, 0.25) is 0 Å². The van der Waals surface area contributed by atoms with Crippen molar-refractivity contribution in [1.82, 2.24) is 10.3 Å². The van der Waals surface area contributed by atoms with Gasteiger partial charge in [0, 0.05) is 25.2 Å². The molecule has 1 atom stereocenters. The van der Waals surface area contributed by atoms with Gasteiger partial charge in [0.15, 0.2) is 0 Å². The molecule has 1 amide bonds. The van der Waals surface area contributed by atoms with Crippen LogP contribution in [0.5, 0.6) is 0 Å². The Morgan fingerprint density at radius 2 is 2.19 bits per heavy atom. The SMILES string of the molecule is CN(C)c1ccc(C(=O)NCC(C)(O)c2cccs2)cn1. The Morgan fingerprint density at radius 3 is 2.71 bits per heavy atom. The van der Waals surface area contributed by atoms with Crippen molar-refractivity contribution in [3.05, 3.63) is 46.3 Å². The molecule has 21 heavy (non-hydrogen) atoms. The van der Waals surface area contributed by atoms with Crippen molar-refractivity contribution in [3.8, 4) is 0 Å². The average molecular weight is 305 g/mol. The summed E-state index contributed by atoms with van der Waals surface area (Å²) in [5.74, 6) is 0.543. The Labute approximate surface area is 128 Å². The molecule has 2 heterocycles. The summed E-state index contributed by atoms with van der Waals surface area (Å²) in [4.78, 5) is 19.0. The van der Waals surface area contributed by atoms with E-state index in [4.69, 9.17) is 0 Å². The minimum absolute atomic E-state index is 0.155. The Kier molecular flexibility index (Phi) is 4.59. The van der Waals surface area contributed by atoms with Crippen molar-refractivity contribution >= 4 is 23.1 Å². The van der Waals surface area contributed by atoms with Gasteiger partial charge in [-0.15, -0.1) is 11.3 Å². The van der Waals surface area contributed by atoms with Crippen LogP contribution in [0.15, 0.2) is 35.8 Å². The number of hydrogen-bond donors (Lipinski definition) is 2. The van der Waals surface area contributed by atoms with Crippen LogP contribution in [0, 0.1) is 0 Å². The van der Waals surface area contributed by atoms with Crippen molar-refractivity contribution in [1.29, 1.82) is 0 Å². The van der Waals surface area contributed by atoms with E-state index in [9.17, 15) is 9.90 Å². The molecule has 0 aliphatic heterocycles. The minimum Gasteiger partial charge on any atom is -0.383 e. The number of hydrogen-bond acceptors (Lipinski definition) is 5. The summed E-state index contributed by atoms with van der Waals surface area (Å²) in [5.41, 5.74) is -0.594. The lowest BCUT2D eigenvalue weighted by molar-refractivity contribution is 0.0556. The van der Waals surface area contributed by atoms with Gasteiger partial charge in [-0.1, -0.05) is 6.07 Å². The number of thiophene rings is 1. The fourth-order valence-corrected chi connectivity index (χ4v) is 2.60. The molecule has 2 aromatic heterocycles. The maximum Gasteiger partial charge on any atom is 0.252 e. The van der Waals surface area contributed by atoms with Crippen molar-refractivity contribution in [3.63, 3.8) is 0 Å². The first-order chi connectivity index (χ1) is 9.90. The lowest BCUT2D eigenvalue weighted by atomic mass is 10.1. The molecule has 112 valence electrons. The fraction of sp³-hybridized carbons (Fsp3) is 0.333. The van der Waals surface area contributed by atoms with E-state index in [1.165, 1.54) is 17.5 Å². The van der Waals surface area contributed by atoms with Crippen LogP contribution in [0.1, 0.15) is 22.2 Å². The molecular formula is C15H19N3O2S. The van der Waals surface area contributed by atoms with E-state index in [-0.39, 0.29) is 12.5 Å². The summed E-state index contributed by atoms with van der Waals surface area (Å²) in [5, 5.41) is 15.0. The molecule has 2 aromatic rings. The highest BCUT2D eigenvalue weighted by Gasteiger charge is 2.25. The summed E-state index contributed by atoms with van der Waals surface area (Å²) < 4.78 is 0. The highest BCUT2D eigenvalue weighted by atomic mass is 32.1. The number of aliphatic hydroxyl groups is 1. The molecule has 5 nitrogen and oxygen atoms in total. The van der Waals surface area contributed by atoms with Gasteiger partial charge in [-0.25, -0.2) is 4.98 Å². The number of nitrogens with zero attached hydrogens (tertiary/aromatic N) is 2. The highest BCUT2D eigenvalue weighted by Crippen LogP contribution is 2.24. The van der Waals surface area contributed by atoms with Crippen LogP contribution in [-0.4, -0.2) is 36.6 Å². The molecule has 6 heteroatoms. The van der Waals surface area contributed by atoms with E-state index in [1.807, 2.05) is 36.5 Å². The smallest absolute Gasteiger partial charge is 0.252 e. The molecule has 0 spiro atoms. The second-order valence-electron chi connectivity index (χ2n) is 5.23. The maximum atomic E-state index is 12.1. The lowest BCUT2D eigenvalue weighted by Gasteiger charge is -2.22. The zero-order valence-electron chi connectivity index (χ0n) is 12.3. The van der Waals surface area contributed by atoms with Crippen LogP contribution in [0.3, 0.4) is 0 Å². The number of carbonyl (C=O) groups excluding carboxylic acids is 1. The third kappa shape index (κ3) is 3.80. The molecule has 0 bridgehead atoms. The van der Waals surface area contributed by atoms with Crippen LogP contribution in [0.25, 0.3) is 0 Å². The van der Waals surface area contributed by atoms with Crippen LogP contribution >= 0.6 is 11.3 Å². The molecular weight excluding hydrogens is 286 g/mol. The maximum absolute atomic E-state index is 12.1. The van der Waals surface area contributed by atoms with Gasteiger partial charge in [-0.3, -0.25) is 4.79 Å². The molecule has 0 aliphatic rings. The van der Waals surface area contributed by atoms with E-state index < -0.39 is 5.60 Å². The molecule has 0 radical (unpaired) electrons. The second kappa shape index (κ2) is 6.24. The largest absolute Gasteiger partial charge is 0.383 e. The molecule has 0 saturated heterocycles. The summed E-state index contributed by atoms with van der Waals surface area (Å²) in [7, 11) is 3.78. The molecule has 0 saturated carbocycles. The zero-order chi connectivity index (χ0) is 15.5. The van der Waals surface area contributed by atoms with Crippen LogP contribution in [-0.2, 0) is 5.60 Å². The Hall–Kier alpha value is -1.92. The second-order valence-corrected chi connectivity index (χ2v) is 6.18. The Balaban J connectivity index is 1.98. The first kappa shape index (κ1) is 15.5. The number of rotatable bonds is 5. The third-order valence-electron chi connectivity index (χ3n) is 3.11. The normalized spacial score (nSPS) is 13.5. The van der Waals surface area contributed by atoms with Gasteiger partial charge >= 0.3 is 0 Å². The number of pyridine rings is 1. The number of amides is 1. The quantitative estimate of drug-likeness (QED) is 0.885. The molecule has 1 unspecified atom stereocenters. The molecule has 0 aliphatic carbocycles. The Morgan fingerprint density at radius 1 is 1.43 bits per heavy atom. The molecule has 0 fully saturated rings. The standard InChI is InChI=1S/C15H19N3O2S/c1-15(20,12-5-4-8-21-12)10-17-14(19)11-6-7-13(16-9-11)18(2)3/h4-9,20H,10H2,1-3H3,(H,17,19). The van der Waals surface area contributed by atoms with Gasteiger partial charge in [-0.2, -0.15) is 0 Å². The van der Waals surface area contributed by atoms with E-state index in [0.29, 0.717) is 5.56 Å². The van der Waals surface area contributed by atoms with Gasteiger partial charge in [0.05, 0.1) is 12.1 Å². The van der Waals surface area contributed by atoms with Crippen LogP contribution in [0.4, 0.5) is 5.82 Å². The first-order valence-corrected chi connectivity index (χ1v) is 7.46. The topological polar surface area (TPSA) is 65.5 Å². The van der Waals surface area contributed by atoms with Crippen molar-refractivity contribution in [2.75, 3.05) is 25.5 Å². The monoisotopic (exact) mass is 305 g/mol. The average Bonchev–Trinajstić information content (AvgIpc) is 3.00. The predicted octanol–water partition coefficient (Wildman–Crippen LogP) is 1.85.